The molecule has 2 aromatic carbocycles. The maximum absolute atomic E-state index is 12.6. The molecule has 0 unspecified atom stereocenters. The van der Waals surface area contributed by atoms with Gasteiger partial charge in [-0.3, -0.25) is 9.69 Å². The molecule has 1 amide bonds. The number of anilines is 1. The van der Waals surface area contributed by atoms with Crippen molar-refractivity contribution < 1.29 is 19.0 Å². The zero-order valence-electron chi connectivity index (χ0n) is 17.1. The summed E-state index contributed by atoms with van der Waals surface area (Å²) >= 11 is 6.15. The molecule has 2 saturated heterocycles. The molecule has 30 heavy (non-hydrogen) atoms. The molecule has 0 aliphatic carbocycles. The van der Waals surface area contributed by atoms with Crippen LogP contribution in [0.4, 0.5) is 5.69 Å². The van der Waals surface area contributed by atoms with Gasteiger partial charge in [-0.15, -0.1) is 0 Å². The van der Waals surface area contributed by atoms with Gasteiger partial charge >= 0.3 is 0 Å². The van der Waals surface area contributed by atoms with Crippen LogP contribution < -0.4 is 10.1 Å². The normalized spacial score (nSPS) is 23.7. The van der Waals surface area contributed by atoms with E-state index in [4.69, 9.17) is 25.8 Å². The van der Waals surface area contributed by atoms with E-state index >= 15 is 0 Å². The minimum atomic E-state index is -0.321. The summed E-state index contributed by atoms with van der Waals surface area (Å²) in [5, 5.41) is 3.37. The van der Waals surface area contributed by atoms with Crippen LogP contribution in [0.1, 0.15) is 18.4 Å². The monoisotopic (exact) mass is 430 g/mol. The number of ether oxygens (including phenoxy) is 3. The lowest BCUT2D eigenvalue weighted by Crippen LogP contribution is -2.42. The quantitative estimate of drug-likeness (QED) is 0.725. The summed E-state index contributed by atoms with van der Waals surface area (Å²) in [6, 6.07) is 15.3. The van der Waals surface area contributed by atoms with E-state index in [1.807, 2.05) is 18.2 Å². The smallest absolute Gasteiger partial charge is 0.238 e. The van der Waals surface area contributed by atoms with Gasteiger partial charge in [0.25, 0.3) is 0 Å². The molecule has 2 aliphatic rings. The number of nitrogens with zero attached hydrogens (tertiary/aromatic N) is 1. The summed E-state index contributed by atoms with van der Waals surface area (Å²) < 4.78 is 17.6. The lowest BCUT2D eigenvalue weighted by Gasteiger charge is -2.29. The van der Waals surface area contributed by atoms with Crippen LogP contribution in [0.2, 0.25) is 5.02 Å². The number of carbonyl (C=O) groups is 1. The highest BCUT2D eigenvalue weighted by atomic mass is 35.5. The molecular formula is C23H27ClN2O4. The number of halogens is 1. The fraction of sp³-hybridized carbons (Fsp3) is 0.435. The predicted octanol–water partition coefficient (Wildman–Crippen LogP) is 3.74. The third kappa shape index (κ3) is 4.78. The summed E-state index contributed by atoms with van der Waals surface area (Å²) in [5.41, 5.74) is 1.46. The summed E-state index contributed by atoms with van der Waals surface area (Å²) in [6.07, 6.45) is 1.93. The maximum Gasteiger partial charge on any atom is 0.238 e. The van der Waals surface area contributed by atoms with Gasteiger partial charge in [0, 0.05) is 25.4 Å². The van der Waals surface area contributed by atoms with E-state index in [1.165, 1.54) is 0 Å². The standard InChI is InChI=1S/C23H27ClN2O4/c1-28-20-9-8-18(12-19(20)24)25-22(27)14-26-13-21(23(16-26)10-5-11-30-23)29-15-17-6-3-2-4-7-17/h2-4,6-9,12,21H,5,10-11,13-16H2,1H3,(H,25,27)/t21-,23-/m0/s1. The second kappa shape index (κ2) is 9.35. The molecule has 7 heteroatoms. The molecule has 2 aliphatic heterocycles. The lowest BCUT2D eigenvalue weighted by molar-refractivity contribution is -0.117. The Morgan fingerprint density at radius 2 is 2.13 bits per heavy atom. The van der Waals surface area contributed by atoms with Crippen LogP contribution in [0, 0.1) is 0 Å². The van der Waals surface area contributed by atoms with Crippen molar-refractivity contribution in [2.24, 2.45) is 0 Å². The van der Waals surface area contributed by atoms with E-state index in [0.29, 0.717) is 36.2 Å². The molecule has 2 heterocycles. The van der Waals surface area contributed by atoms with E-state index < -0.39 is 0 Å². The number of methoxy groups -OCH3 is 1. The molecule has 2 fully saturated rings. The number of benzene rings is 2. The van der Waals surface area contributed by atoms with Crippen molar-refractivity contribution in [3.05, 3.63) is 59.1 Å². The van der Waals surface area contributed by atoms with Gasteiger partial charge in [-0.2, -0.15) is 0 Å². The Labute approximate surface area is 182 Å². The first kappa shape index (κ1) is 21.1. The van der Waals surface area contributed by atoms with Crippen LogP contribution in [-0.4, -0.2) is 55.9 Å². The average Bonchev–Trinajstić information content (AvgIpc) is 3.34. The zero-order valence-corrected chi connectivity index (χ0v) is 17.9. The first-order chi connectivity index (χ1) is 14.6. The summed E-state index contributed by atoms with van der Waals surface area (Å²) in [4.78, 5) is 14.7. The van der Waals surface area contributed by atoms with Crippen LogP contribution in [-0.2, 0) is 20.9 Å². The maximum atomic E-state index is 12.6. The molecule has 0 saturated carbocycles. The summed E-state index contributed by atoms with van der Waals surface area (Å²) in [6.45, 7) is 2.93. The number of hydrogen-bond acceptors (Lipinski definition) is 5. The van der Waals surface area contributed by atoms with E-state index in [9.17, 15) is 4.79 Å². The van der Waals surface area contributed by atoms with Crippen molar-refractivity contribution in [1.82, 2.24) is 4.90 Å². The molecule has 2 aromatic rings. The summed E-state index contributed by atoms with van der Waals surface area (Å²) in [5.74, 6) is 0.487. The lowest BCUT2D eigenvalue weighted by atomic mass is 9.96. The molecule has 6 nitrogen and oxygen atoms in total. The second-order valence-corrected chi connectivity index (χ2v) is 8.28. The largest absolute Gasteiger partial charge is 0.495 e. The highest BCUT2D eigenvalue weighted by Gasteiger charge is 2.50. The fourth-order valence-corrected chi connectivity index (χ4v) is 4.54. The Hall–Kier alpha value is -2.12. The van der Waals surface area contributed by atoms with E-state index in [0.717, 1.165) is 25.0 Å². The van der Waals surface area contributed by atoms with Crippen molar-refractivity contribution in [1.29, 1.82) is 0 Å². The third-order valence-corrected chi connectivity index (χ3v) is 6.03. The Kier molecular flexibility index (Phi) is 6.58. The average molecular weight is 431 g/mol. The van der Waals surface area contributed by atoms with Crippen LogP contribution >= 0.6 is 11.6 Å². The van der Waals surface area contributed by atoms with Crippen molar-refractivity contribution >= 4 is 23.2 Å². The Morgan fingerprint density at radius 1 is 1.30 bits per heavy atom. The van der Waals surface area contributed by atoms with Crippen molar-refractivity contribution in [3.8, 4) is 5.75 Å². The summed E-state index contributed by atoms with van der Waals surface area (Å²) in [7, 11) is 1.56. The van der Waals surface area contributed by atoms with Gasteiger partial charge in [0.05, 0.1) is 25.3 Å². The zero-order chi connectivity index (χ0) is 21.0. The van der Waals surface area contributed by atoms with Crippen LogP contribution in [0.5, 0.6) is 5.75 Å². The van der Waals surface area contributed by atoms with Gasteiger partial charge in [-0.25, -0.2) is 0 Å². The van der Waals surface area contributed by atoms with Gasteiger partial charge in [-0.05, 0) is 36.6 Å². The van der Waals surface area contributed by atoms with E-state index in [1.54, 1.807) is 25.3 Å². The van der Waals surface area contributed by atoms with Gasteiger partial charge < -0.3 is 19.5 Å². The minimum absolute atomic E-state index is 0.0524. The minimum Gasteiger partial charge on any atom is -0.495 e. The fourth-order valence-electron chi connectivity index (χ4n) is 4.29. The molecule has 2 atom stereocenters. The number of rotatable bonds is 7. The molecule has 0 aromatic heterocycles. The molecule has 160 valence electrons. The number of likely N-dealkylation sites (tertiary alicyclic amines) is 1. The van der Waals surface area contributed by atoms with E-state index in [-0.39, 0.29) is 24.2 Å². The Balaban J connectivity index is 1.36. The van der Waals surface area contributed by atoms with Crippen molar-refractivity contribution in [2.45, 2.75) is 31.2 Å². The van der Waals surface area contributed by atoms with Crippen LogP contribution in [0.15, 0.2) is 48.5 Å². The first-order valence-electron chi connectivity index (χ1n) is 10.2. The molecule has 0 bridgehead atoms. The number of amides is 1. The van der Waals surface area contributed by atoms with Crippen LogP contribution in [0.25, 0.3) is 0 Å². The third-order valence-electron chi connectivity index (χ3n) is 5.73. The SMILES string of the molecule is COc1ccc(NC(=O)CN2C[C@H](OCc3ccccc3)[C@]3(CCCO3)C2)cc1Cl. The molecule has 1 N–H and O–H groups in total. The Bertz CT molecular complexity index is 871. The molecular weight excluding hydrogens is 404 g/mol. The van der Waals surface area contributed by atoms with Gasteiger partial charge in [0.1, 0.15) is 17.5 Å². The Morgan fingerprint density at radius 3 is 2.83 bits per heavy atom. The predicted molar refractivity (Wildman–Crippen MR) is 116 cm³/mol. The molecule has 4 rings (SSSR count). The van der Waals surface area contributed by atoms with E-state index in [2.05, 4.69) is 22.3 Å². The first-order valence-corrected chi connectivity index (χ1v) is 10.6. The number of hydrogen-bond donors (Lipinski definition) is 1. The second-order valence-electron chi connectivity index (χ2n) is 7.87. The number of nitrogens with one attached hydrogen (secondary N) is 1. The highest BCUT2D eigenvalue weighted by Crippen LogP contribution is 2.37. The molecule has 0 radical (unpaired) electrons. The van der Waals surface area contributed by atoms with Gasteiger partial charge in [0.15, 0.2) is 0 Å². The van der Waals surface area contributed by atoms with Crippen molar-refractivity contribution in [3.63, 3.8) is 0 Å². The van der Waals surface area contributed by atoms with Gasteiger partial charge in [0.2, 0.25) is 5.91 Å². The highest BCUT2D eigenvalue weighted by molar-refractivity contribution is 6.32. The topological polar surface area (TPSA) is 60.0 Å². The molecule has 1 spiro atoms. The van der Waals surface area contributed by atoms with Crippen LogP contribution in [0.3, 0.4) is 0 Å². The van der Waals surface area contributed by atoms with Crippen molar-refractivity contribution in [2.75, 3.05) is 38.7 Å². The van der Waals surface area contributed by atoms with Gasteiger partial charge in [-0.1, -0.05) is 41.9 Å². The number of carbonyl (C=O) groups excluding carboxylic acids is 1.